The molecule has 2 rings (SSSR count). The van der Waals surface area contributed by atoms with Crippen LogP contribution in [0.4, 0.5) is 15.8 Å². The SMILES string of the molecule is [B][B]N(B(C)Cc1ccccc1)c1cc(N[B])ccc1F. The summed E-state index contributed by atoms with van der Waals surface area (Å²) in [5.74, 6) is -0.337. The second kappa shape index (κ2) is 7.30. The first-order valence-corrected chi connectivity index (χ1v) is 6.79. The van der Waals surface area contributed by atoms with E-state index in [-0.39, 0.29) is 12.7 Å². The predicted molar refractivity (Wildman–Crippen MR) is 91.5 cm³/mol. The van der Waals surface area contributed by atoms with Gasteiger partial charge in [0.25, 0.3) is 0 Å². The van der Waals surface area contributed by atoms with E-state index >= 15 is 0 Å². The number of rotatable bonds is 6. The third kappa shape index (κ3) is 3.87. The van der Waals surface area contributed by atoms with Gasteiger partial charge in [-0.3, -0.25) is 0 Å². The number of nitrogens with zero attached hydrogens (tertiary/aromatic N) is 1. The molecule has 0 unspecified atom stereocenters. The third-order valence-corrected chi connectivity index (χ3v) is 3.40. The lowest BCUT2D eigenvalue weighted by Gasteiger charge is -2.30. The van der Waals surface area contributed by atoms with Crippen molar-refractivity contribution < 1.29 is 4.39 Å². The lowest BCUT2D eigenvalue weighted by molar-refractivity contribution is 0.630. The average Bonchev–Trinajstić information content (AvgIpc) is 2.51. The molecule has 0 aliphatic heterocycles. The van der Waals surface area contributed by atoms with Crippen molar-refractivity contribution in [3.8, 4) is 0 Å². The number of nitrogens with one attached hydrogen (secondary N) is 1. The minimum atomic E-state index is -0.337. The van der Waals surface area contributed by atoms with Crippen LogP contribution >= 0.6 is 0 Å². The third-order valence-electron chi connectivity index (χ3n) is 3.40. The van der Waals surface area contributed by atoms with Crippen LogP contribution in [0.3, 0.4) is 0 Å². The molecule has 2 aromatic rings. The molecule has 2 aromatic carbocycles. The van der Waals surface area contributed by atoms with Crippen molar-refractivity contribution in [2.24, 2.45) is 0 Å². The van der Waals surface area contributed by atoms with Gasteiger partial charge in [0, 0.05) is 19.1 Å². The van der Waals surface area contributed by atoms with E-state index in [1.807, 2.05) is 37.2 Å². The van der Waals surface area contributed by atoms with Gasteiger partial charge in [-0.2, -0.15) is 0 Å². The number of hydrogen-bond donors (Lipinski definition) is 1. The Bertz CT molecular complexity index is 582. The van der Waals surface area contributed by atoms with Crippen LogP contribution in [0.2, 0.25) is 6.82 Å². The molecule has 0 saturated carbocycles. The molecular formula is C14H14B4FN2. The fourth-order valence-corrected chi connectivity index (χ4v) is 2.32. The lowest BCUT2D eigenvalue weighted by atomic mass is 9.48. The molecule has 7 heteroatoms. The first kappa shape index (κ1) is 15.6. The second-order valence-electron chi connectivity index (χ2n) is 4.91. The Kier molecular flexibility index (Phi) is 5.43. The van der Waals surface area contributed by atoms with Crippen molar-refractivity contribution in [1.29, 1.82) is 0 Å². The van der Waals surface area contributed by atoms with Crippen molar-refractivity contribution in [2.75, 3.05) is 9.95 Å². The van der Waals surface area contributed by atoms with Crippen LogP contribution in [0.25, 0.3) is 0 Å². The van der Waals surface area contributed by atoms with Crippen LogP contribution in [-0.4, -0.2) is 29.9 Å². The van der Waals surface area contributed by atoms with E-state index < -0.39 is 0 Å². The summed E-state index contributed by atoms with van der Waals surface area (Å²) >= 11 is 0. The summed E-state index contributed by atoms with van der Waals surface area (Å²) in [5, 5.41) is 2.51. The Morgan fingerprint density at radius 3 is 2.57 bits per heavy atom. The van der Waals surface area contributed by atoms with Crippen LogP contribution < -0.4 is 9.95 Å². The highest BCUT2D eigenvalue weighted by atomic mass is 19.1. The van der Waals surface area contributed by atoms with Gasteiger partial charge in [-0.05, 0) is 24.5 Å². The number of anilines is 2. The van der Waals surface area contributed by atoms with Crippen molar-refractivity contribution >= 4 is 41.2 Å². The number of halogens is 1. The quantitative estimate of drug-likeness (QED) is 0.811. The lowest BCUT2D eigenvalue weighted by Crippen LogP contribution is -2.42. The molecule has 0 spiro atoms. The molecule has 1 N–H and O–H groups in total. The number of hydrogen-bond acceptors (Lipinski definition) is 2. The summed E-state index contributed by atoms with van der Waals surface area (Å²) in [4.78, 5) is 0. The standard InChI is InChI=1S/C14H14B4FN2/c1-18(10-11-5-3-2-4-6-11)21(17-15)14-9-12(20-16)7-8-13(14)19/h2-9,20H,10H2,1H3. The predicted octanol–water partition coefficient (Wildman–Crippen LogP) is 2.23. The summed E-state index contributed by atoms with van der Waals surface area (Å²) < 4.78 is 15.8. The summed E-state index contributed by atoms with van der Waals surface area (Å²) in [7, 11) is 12.5. The molecule has 0 aliphatic rings. The monoisotopic (exact) mass is 273 g/mol. The molecule has 0 bridgehead atoms. The molecule has 0 heterocycles. The van der Waals surface area contributed by atoms with Gasteiger partial charge in [0.2, 0.25) is 14.8 Å². The first-order chi connectivity index (χ1) is 10.2. The molecule has 0 atom stereocenters. The van der Waals surface area contributed by atoms with E-state index in [2.05, 4.69) is 5.23 Å². The summed E-state index contributed by atoms with van der Waals surface area (Å²) in [6.07, 6.45) is 0.758. The average molecular weight is 273 g/mol. The zero-order chi connectivity index (χ0) is 15.2. The van der Waals surface area contributed by atoms with Crippen LogP contribution in [-0.2, 0) is 6.32 Å². The van der Waals surface area contributed by atoms with Crippen LogP contribution in [0.1, 0.15) is 5.56 Å². The van der Waals surface area contributed by atoms with Crippen molar-refractivity contribution in [3.63, 3.8) is 0 Å². The Hall–Kier alpha value is -1.77. The Morgan fingerprint density at radius 2 is 1.95 bits per heavy atom. The maximum Gasteiger partial charge on any atom is 0.241 e. The topological polar surface area (TPSA) is 15.3 Å². The van der Waals surface area contributed by atoms with E-state index in [9.17, 15) is 4.39 Å². The van der Waals surface area contributed by atoms with Crippen molar-refractivity contribution in [2.45, 2.75) is 13.1 Å². The van der Waals surface area contributed by atoms with E-state index in [4.69, 9.17) is 15.7 Å². The maximum absolute atomic E-state index is 14.1. The van der Waals surface area contributed by atoms with Gasteiger partial charge < -0.3 is 9.95 Å². The van der Waals surface area contributed by atoms with Crippen LogP contribution in [0, 0.1) is 5.82 Å². The molecular weight excluding hydrogens is 258 g/mol. The maximum atomic E-state index is 14.1. The second-order valence-corrected chi connectivity index (χ2v) is 4.91. The normalized spacial score (nSPS) is 10.0. The van der Waals surface area contributed by atoms with Gasteiger partial charge in [0.15, 0.2) is 7.31 Å². The first-order valence-electron chi connectivity index (χ1n) is 6.79. The van der Waals surface area contributed by atoms with E-state index in [0.29, 0.717) is 11.4 Å². The van der Waals surface area contributed by atoms with Crippen molar-refractivity contribution in [3.05, 3.63) is 59.9 Å². The highest BCUT2D eigenvalue weighted by Gasteiger charge is 2.20. The van der Waals surface area contributed by atoms with Crippen molar-refractivity contribution in [1.82, 2.24) is 0 Å². The van der Waals surface area contributed by atoms with Gasteiger partial charge in [-0.15, -0.1) is 0 Å². The minimum absolute atomic E-state index is 0.0138. The van der Waals surface area contributed by atoms with Crippen LogP contribution in [0.15, 0.2) is 48.5 Å². The molecule has 0 aliphatic carbocycles. The molecule has 0 aromatic heterocycles. The molecule has 5 radical (unpaired) electrons. The van der Waals surface area contributed by atoms with E-state index in [1.54, 1.807) is 16.9 Å². The molecule has 99 valence electrons. The minimum Gasteiger partial charge on any atom is -0.470 e. The van der Waals surface area contributed by atoms with E-state index in [0.717, 1.165) is 6.32 Å². The summed E-state index contributed by atoms with van der Waals surface area (Å²) in [5.41, 5.74) is 2.20. The molecule has 0 fully saturated rings. The van der Waals surface area contributed by atoms with Gasteiger partial charge in [0.1, 0.15) is 5.82 Å². The molecule has 0 amide bonds. The van der Waals surface area contributed by atoms with Gasteiger partial charge in [-0.1, -0.05) is 42.7 Å². The van der Waals surface area contributed by atoms with E-state index in [1.165, 1.54) is 18.9 Å². The Balaban J connectivity index is 2.22. The fourth-order valence-electron chi connectivity index (χ4n) is 2.32. The highest BCUT2D eigenvalue weighted by molar-refractivity contribution is 6.98. The smallest absolute Gasteiger partial charge is 0.241 e. The molecule has 0 saturated heterocycles. The molecule has 21 heavy (non-hydrogen) atoms. The zero-order valence-corrected chi connectivity index (χ0v) is 12.0. The largest absolute Gasteiger partial charge is 0.470 e. The Labute approximate surface area is 129 Å². The number of benzene rings is 2. The van der Waals surface area contributed by atoms with Gasteiger partial charge >= 0.3 is 0 Å². The van der Waals surface area contributed by atoms with Crippen LogP contribution in [0.5, 0.6) is 0 Å². The van der Waals surface area contributed by atoms with Gasteiger partial charge in [-0.25, -0.2) is 4.39 Å². The molecule has 2 nitrogen and oxygen atoms in total. The zero-order valence-electron chi connectivity index (χ0n) is 12.0. The summed E-state index contributed by atoms with van der Waals surface area (Å²) in [6, 6.07) is 14.6. The fraction of sp³-hybridized carbons (Fsp3) is 0.143. The Morgan fingerprint density at radius 1 is 1.24 bits per heavy atom. The summed E-state index contributed by atoms with van der Waals surface area (Å²) in [6.45, 7) is 2.01. The van der Waals surface area contributed by atoms with Gasteiger partial charge in [0.05, 0.1) is 0 Å². The highest BCUT2D eigenvalue weighted by Crippen LogP contribution is 2.24.